The quantitative estimate of drug-likeness (QED) is 0.792. The third-order valence-corrected chi connectivity index (χ3v) is 6.44. The predicted molar refractivity (Wildman–Crippen MR) is 102 cm³/mol. The van der Waals surface area contributed by atoms with Crippen LogP contribution in [-0.4, -0.2) is 35.1 Å². The monoisotopic (exact) mass is 397 g/mol. The number of ether oxygens (including phenoxy) is 2. The lowest BCUT2D eigenvalue weighted by Crippen LogP contribution is -2.39. The van der Waals surface area contributed by atoms with Gasteiger partial charge >= 0.3 is 0 Å². The molecular formula is C20H19N3O4S. The number of Topliss-reactive ketones (excluding diaryl/α,β-unsaturated/α-hetero) is 1. The maximum Gasteiger partial charge on any atom is 0.296 e. The Hall–Kier alpha value is -2.74. The number of rotatable bonds is 3. The largest absolute Gasteiger partial charge is 0.497 e. The smallest absolute Gasteiger partial charge is 0.296 e. The first-order valence-corrected chi connectivity index (χ1v) is 10.3. The first-order valence-electron chi connectivity index (χ1n) is 9.37. The Kier molecular flexibility index (Phi) is 4.16. The highest BCUT2D eigenvalue weighted by Crippen LogP contribution is 2.48. The summed E-state index contributed by atoms with van der Waals surface area (Å²) >= 11 is 1.27. The maximum atomic E-state index is 13.4. The van der Waals surface area contributed by atoms with Crippen molar-refractivity contribution in [1.82, 2.24) is 10.2 Å². The van der Waals surface area contributed by atoms with E-state index in [1.54, 1.807) is 17.5 Å². The number of carbonyl (C=O) groups excluding carboxylic acids is 2. The van der Waals surface area contributed by atoms with Crippen molar-refractivity contribution in [2.24, 2.45) is 5.92 Å². The first kappa shape index (κ1) is 17.4. The second kappa shape index (κ2) is 6.70. The molecule has 1 fully saturated rings. The van der Waals surface area contributed by atoms with Crippen LogP contribution in [0, 0.1) is 5.92 Å². The van der Waals surface area contributed by atoms with E-state index in [1.807, 2.05) is 24.3 Å². The summed E-state index contributed by atoms with van der Waals surface area (Å²) in [4.78, 5) is 28.2. The molecule has 2 aliphatic heterocycles. The van der Waals surface area contributed by atoms with E-state index < -0.39 is 6.04 Å². The molecule has 0 N–H and O–H groups in total. The van der Waals surface area contributed by atoms with Crippen LogP contribution in [-0.2, 0) is 14.3 Å². The minimum atomic E-state index is -0.559. The molecule has 7 nitrogen and oxygen atoms in total. The summed E-state index contributed by atoms with van der Waals surface area (Å²) in [5, 5.41) is 8.42. The summed E-state index contributed by atoms with van der Waals surface area (Å²) in [5.74, 6) is 0.444. The Labute approximate surface area is 166 Å². The Morgan fingerprint density at radius 3 is 2.68 bits per heavy atom. The molecule has 0 spiro atoms. The lowest BCUT2D eigenvalue weighted by atomic mass is 9.77. The maximum absolute atomic E-state index is 13.4. The van der Waals surface area contributed by atoms with Crippen LogP contribution in [0.25, 0.3) is 0 Å². The fraction of sp³-hybridized carbons (Fsp3) is 0.400. The van der Waals surface area contributed by atoms with Gasteiger partial charge in [0.25, 0.3) is 5.91 Å². The highest BCUT2D eigenvalue weighted by molar-refractivity contribution is 7.13. The number of methoxy groups -OCH3 is 1. The summed E-state index contributed by atoms with van der Waals surface area (Å²) in [6, 6.07) is 6.85. The van der Waals surface area contributed by atoms with Crippen LogP contribution < -0.4 is 9.64 Å². The van der Waals surface area contributed by atoms with Crippen LogP contribution >= 0.6 is 11.3 Å². The van der Waals surface area contributed by atoms with Gasteiger partial charge in [-0.2, -0.15) is 0 Å². The minimum absolute atomic E-state index is 0.0344. The number of hydrogen-bond donors (Lipinski definition) is 0. The highest BCUT2D eigenvalue weighted by atomic mass is 32.1. The molecule has 1 aromatic carbocycles. The lowest BCUT2D eigenvalue weighted by molar-refractivity contribution is -0.131. The van der Waals surface area contributed by atoms with Gasteiger partial charge in [0, 0.05) is 0 Å². The van der Waals surface area contributed by atoms with Crippen molar-refractivity contribution in [2.75, 3.05) is 12.0 Å². The molecule has 28 heavy (non-hydrogen) atoms. The number of aromatic nitrogens is 2. The van der Waals surface area contributed by atoms with Crippen molar-refractivity contribution in [3.8, 4) is 5.75 Å². The van der Waals surface area contributed by atoms with Gasteiger partial charge in [0.1, 0.15) is 17.4 Å². The van der Waals surface area contributed by atoms with E-state index in [4.69, 9.17) is 9.47 Å². The molecule has 5 rings (SSSR count). The number of nitrogens with zero attached hydrogens (tertiary/aromatic N) is 3. The Balaban J connectivity index is 1.63. The molecule has 0 radical (unpaired) electrons. The minimum Gasteiger partial charge on any atom is -0.497 e. The zero-order chi connectivity index (χ0) is 19.3. The molecule has 144 valence electrons. The lowest BCUT2D eigenvalue weighted by Gasteiger charge is -2.35. The molecule has 3 atom stereocenters. The van der Waals surface area contributed by atoms with Crippen molar-refractivity contribution in [2.45, 2.75) is 37.8 Å². The number of ketones is 1. The van der Waals surface area contributed by atoms with Gasteiger partial charge in [-0.25, -0.2) is 0 Å². The Bertz CT molecular complexity index is 954. The number of benzene rings is 1. The van der Waals surface area contributed by atoms with Crippen LogP contribution in [0.1, 0.15) is 37.3 Å². The molecule has 1 aliphatic carbocycles. The van der Waals surface area contributed by atoms with E-state index >= 15 is 0 Å². The van der Waals surface area contributed by atoms with E-state index in [9.17, 15) is 9.59 Å². The molecule has 3 aliphatic rings. The van der Waals surface area contributed by atoms with E-state index in [-0.39, 0.29) is 29.5 Å². The summed E-state index contributed by atoms with van der Waals surface area (Å²) in [5.41, 5.74) is 2.85. The summed E-state index contributed by atoms with van der Waals surface area (Å²) in [7, 11) is 1.60. The van der Waals surface area contributed by atoms with Gasteiger partial charge in [-0.05, 0) is 37.0 Å². The van der Waals surface area contributed by atoms with Gasteiger partial charge in [0.15, 0.2) is 11.5 Å². The molecule has 1 aromatic heterocycles. The number of fused-ring (bicyclic) bond motifs is 1. The normalized spacial score (nSPS) is 26.8. The fourth-order valence-electron chi connectivity index (χ4n) is 4.42. The van der Waals surface area contributed by atoms with Gasteiger partial charge in [-0.3, -0.25) is 14.5 Å². The van der Waals surface area contributed by atoms with Gasteiger partial charge in [0.2, 0.25) is 5.13 Å². The van der Waals surface area contributed by atoms with Crippen molar-refractivity contribution < 1.29 is 19.1 Å². The molecule has 1 saturated carbocycles. The second-order valence-corrected chi connectivity index (χ2v) is 8.04. The highest BCUT2D eigenvalue weighted by Gasteiger charge is 2.53. The molecule has 2 aromatic rings. The second-order valence-electron chi connectivity index (χ2n) is 7.23. The molecule has 0 bridgehead atoms. The van der Waals surface area contributed by atoms with Crippen molar-refractivity contribution in [3.05, 3.63) is 46.7 Å². The Morgan fingerprint density at radius 2 is 1.96 bits per heavy atom. The van der Waals surface area contributed by atoms with Gasteiger partial charge in [0.05, 0.1) is 24.6 Å². The number of anilines is 1. The zero-order valence-corrected chi connectivity index (χ0v) is 16.1. The molecule has 3 heterocycles. The standard InChI is InChI=1S/C20H19N3O4S/c1-26-12-8-6-11(7-9-12)16-15-17(24)13-4-2-3-5-14(13)27-18(15)19(25)23(16)20-22-21-10-28-20/h6-10,13-14,16H,2-5H2,1H3. The SMILES string of the molecule is COc1ccc(C2C3=C(OC4CCCCC4C3=O)C(=O)N2c2nncs2)cc1. The first-order chi connectivity index (χ1) is 13.7. The van der Waals surface area contributed by atoms with E-state index in [2.05, 4.69) is 10.2 Å². The van der Waals surface area contributed by atoms with Crippen molar-refractivity contribution >= 4 is 28.2 Å². The third-order valence-electron chi connectivity index (χ3n) is 5.75. The summed E-state index contributed by atoms with van der Waals surface area (Å²) < 4.78 is 11.4. The van der Waals surface area contributed by atoms with E-state index in [0.29, 0.717) is 16.5 Å². The van der Waals surface area contributed by atoms with E-state index in [1.165, 1.54) is 11.3 Å². The van der Waals surface area contributed by atoms with Gasteiger partial charge < -0.3 is 9.47 Å². The van der Waals surface area contributed by atoms with Gasteiger partial charge in [-0.1, -0.05) is 29.9 Å². The molecule has 1 amide bonds. The van der Waals surface area contributed by atoms with Crippen molar-refractivity contribution in [3.63, 3.8) is 0 Å². The molecule has 0 saturated heterocycles. The molecular weight excluding hydrogens is 378 g/mol. The summed E-state index contributed by atoms with van der Waals surface area (Å²) in [6.07, 6.45) is 3.46. The molecule has 3 unspecified atom stereocenters. The number of amides is 1. The topological polar surface area (TPSA) is 81.6 Å². The van der Waals surface area contributed by atoms with Gasteiger partial charge in [-0.15, -0.1) is 10.2 Å². The summed E-state index contributed by atoms with van der Waals surface area (Å²) in [6.45, 7) is 0. The van der Waals surface area contributed by atoms with Crippen LogP contribution in [0.3, 0.4) is 0 Å². The van der Waals surface area contributed by atoms with E-state index in [0.717, 1.165) is 31.2 Å². The van der Waals surface area contributed by atoms with Crippen LogP contribution in [0.2, 0.25) is 0 Å². The average Bonchev–Trinajstić information content (AvgIpc) is 3.35. The number of hydrogen-bond acceptors (Lipinski definition) is 7. The van der Waals surface area contributed by atoms with Crippen molar-refractivity contribution in [1.29, 1.82) is 0 Å². The molecule has 8 heteroatoms. The fourth-order valence-corrected chi connectivity index (χ4v) is 5.00. The number of carbonyl (C=O) groups is 2. The van der Waals surface area contributed by atoms with Crippen LogP contribution in [0.4, 0.5) is 5.13 Å². The van der Waals surface area contributed by atoms with Crippen LogP contribution in [0.15, 0.2) is 41.1 Å². The predicted octanol–water partition coefficient (Wildman–Crippen LogP) is 3.05. The average molecular weight is 397 g/mol. The van der Waals surface area contributed by atoms with Crippen LogP contribution in [0.5, 0.6) is 5.75 Å². The Morgan fingerprint density at radius 1 is 1.18 bits per heavy atom. The third kappa shape index (κ3) is 2.55. The zero-order valence-electron chi connectivity index (χ0n) is 15.3.